The van der Waals surface area contributed by atoms with Crippen molar-refractivity contribution in [1.82, 2.24) is 4.90 Å². The number of hydrogen-bond donors (Lipinski definition) is 2. The van der Waals surface area contributed by atoms with E-state index in [1.54, 1.807) is 4.90 Å². The van der Waals surface area contributed by atoms with Crippen LogP contribution in [0.25, 0.3) is 0 Å². The Labute approximate surface area is 126 Å². The quantitative estimate of drug-likeness (QED) is 0.743. The minimum atomic E-state index is -0.789. The van der Waals surface area contributed by atoms with Crippen molar-refractivity contribution in [2.75, 3.05) is 19.7 Å². The van der Waals surface area contributed by atoms with Gasteiger partial charge in [0.2, 0.25) is 5.91 Å². The zero-order valence-corrected chi connectivity index (χ0v) is 13.6. The van der Waals surface area contributed by atoms with Crippen LogP contribution in [0.15, 0.2) is 0 Å². The molecule has 0 saturated carbocycles. The molecule has 5 nitrogen and oxygen atoms in total. The molecule has 0 aromatic heterocycles. The van der Waals surface area contributed by atoms with Gasteiger partial charge in [0.15, 0.2) is 0 Å². The van der Waals surface area contributed by atoms with Crippen molar-refractivity contribution in [2.45, 2.75) is 52.2 Å². The van der Waals surface area contributed by atoms with Crippen LogP contribution in [0.5, 0.6) is 0 Å². The first-order valence-electron chi connectivity index (χ1n) is 7.10. The molecule has 20 heavy (non-hydrogen) atoms. The Kier molecular flexibility index (Phi) is 5.52. The van der Waals surface area contributed by atoms with E-state index in [1.165, 1.54) is 0 Å². The number of nitrogens with zero attached hydrogens (tertiary/aromatic N) is 1. The van der Waals surface area contributed by atoms with Gasteiger partial charge in [0.05, 0.1) is 28.7 Å². The monoisotopic (exact) mass is 302 g/mol. The fraction of sp³-hybridized carbons (Fsp3) is 0.857. The van der Waals surface area contributed by atoms with E-state index >= 15 is 0 Å². The zero-order valence-electron chi connectivity index (χ0n) is 12.8. The molecule has 6 heteroatoms. The number of morpholine rings is 1. The van der Waals surface area contributed by atoms with Crippen LogP contribution in [0.2, 0.25) is 0 Å². The second kappa shape index (κ2) is 6.37. The molecular weight excluding hydrogens is 276 g/mol. The molecule has 0 spiro atoms. The first-order valence-corrected chi connectivity index (χ1v) is 7.51. The summed E-state index contributed by atoms with van der Waals surface area (Å²) in [4.78, 5) is 14.9. The highest BCUT2D eigenvalue weighted by Gasteiger charge is 2.45. The topological polar surface area (TPSA) is 75.8 Å². The molecule has 0 aromatic carbocycles. The third kappa shape index (κ3) is 3.30. The van der Waals surface area contributed by atoms with Crippen LogP contribution in [0.3, 0.4) is 0 Å². The maximum atomic E-state index is 12.9. The molecule has 1 fully saturated rings. The molecule has 1 saturated heterocycles. The van der Waals surface area contributed by atoms with Crippen LogP contribution < -0.4 is 5.73 Å². The number of ether oxygens (including phenoxy) is 1. The van der Waals surface area contributed by atoms with Gasteiger partial charge in [-0.2, -0.15) is 0 Å². The lowest BCUT2D eigenvalue weighted by Crippen LogP contribution is -2.60. The summed E-state index contributed by atoms with van der Waals surface area (Å²) in [5.74, 6) is -0.0511. The predicted molar refractivity (Wildman–Crippen MR) is 82.4 cm³/mol. The number of amides is 1. The van der Waals surface area contributed by atoms with E-state index in [-0.39, 0.29) is 23.6 Å². The molecule has 1 amide bonds. The van der Waals surface area contributed by atoms with E-state index in [4.69, 9.17) is 22.7 Å². The van der Waals surface area contributed by atoms with Crippen LogP contribution in [0.1, 0.15) is 40.5 Å². The van der Waals surface area contributed by atoms with Gasteiger partial charge in [-0.3, -0.25) is 4.79 Å². The van der Waals surface area contributed by atoms with Crippen LogP contribution in [0, 0.1) is 5.41 Å². The molecule has 1 rings (SSSR count). The number of aliphatic hydroxyl groups excluding tert-OH is 1. The van der Waals surface area contributed by atoms with Crippen molar-refractivity contribution in [1.29, 1.82) is 0 Å². The second-order valence-corrected chi connectivity index (χ2v) is 6.46. The molecule has 1 aliphatic rings. The fourth-order valence-corrected chi connectivity index (χ4v) is 3.23. The van der Waals surface area contributed by atoms with Crippen molar-refractivity contribution in [3.63, 3.8) is 0 Å². The molecule has 1 aliphatic heterocycles. The smallest absolute Gasteiger partial charge is 0.235 e. The molecule has 1 atom stereocenters. The molecule has 116 valence electrons. The van der Waals surface area contributed by atoms with Crippen molar-refractivity contribution in [3.05, 3.63) is 0 Å². The highest BCUT2D eigenvalue weighted by molar-refractivity contribution is 7.80. The van der Waals surface area contributed by atoms with E-state index in [1.807, 2.05) is 27.7 Å². The van der Waals surface area contributed by atoms with Gasteiger partial charge in [-0.15, -0.1) is 0 Å². The standard InChI is InChI=1S/C14H26N2O3S/c1-5-14(6-2,11(15)20)12(18)16-7-10(8-17)19-13(3,4)9-16/h10,17H,5-9H2,1-4H3,(H2,15,20). The average molecular weight is 302 g/mol. The molecule has 0 aromatic rings. The lowest BCUT2D eigenvalue weighted by Gasteiger charge is -2.45. The minimum absolute atomic E-state index is 0.0511. The molecule has 1 unspecified atom stereocenters. The highest BCUT2D eigenvalue weighted by Crippen LogP contribution is 2.32. The number of thiocarbonyl (C=S) groups is 1. The molecule has 1 heterocycles. The van der Waals surface area contributed by atoms with Gasteiger partial charge < -0.3 is 20.5 Å². The van der Waals surface area contributed by atoms with E-state index in [2.05, 4.69) is 0 Å². The van der Waals surface area contributed by atoms with Crippen LogP contribution in [-0.4, -0.2) is 52.3 Å². The van der Waals surface area contributed by atoms with E-state index in [0.29, 0.717) is 25.9 Å². The summed E-state index contributed by atoms with van der Waals surface area (Å²) < 4.78 is 5.74. The first kappa shape index (κ1) is 17.3. The largest absolute Gasteiger partial charge is 0.394 e. The lowest BCUT2D eigenvalue weighted by molar-refractivity contribution is -0.172. The van der Waals surface area contributed by atoms with Crippen LogP contribution in [0.4, 0.5) is 0 Å². The van der Waals surface area contributed by atoms with Crippen molar-refractivity contribution < 1.29 is 14.6 Å². The molecule has 3 N–H and O–H groups in total. The Hall–Kier alpha value is -0.720. The summed E-state index contributed by atoms with van der Waals surface area (Å²) in [6, 6.07) is 0. The van der Waals surface area contributed by atoms with Gasteiger partial charge in [0, 0.05) is 13.1 Å². The second-order valence-electron chi connectivity index (χ2n) is 6.02. The number of carbonyl (C=O) groups excluding carboxylic acids is 1. The summed E-state index contributed by atoms with van der Waals surface area (Å²) in [6.07, 6.45) is 0.804. The first-order chi connectivity index (χ1) is 9.22. The van der Waals surface area contributed by atoms with Crippen molar-refractivity contribution in [2.24, 2.45) is 11.1 Å². The maximum Gasteiger partial charge on any atom is 0.235 e. The van der Waals surface area contributed by atoms with Crippen LogP contribution >= 0.6 is 12.2 Å². The third-order valence-electron chi connectivity index (χ3n) is 4.06. The number of carbonyl (C=O) groups is 1. The number of rotatable bonds is 5. The predicted octanol–water partition coefficient (Wildman–Crippen LogP) is 1.08. The summed E-state index contributed by atoms with van der Waals surface area (Å²) in [5, 5.41) is 9.34. The maximum absolute atomic E-state index is 12.9. The Morgan fingerprint density at radius 3 is 2.45 bits per heavy atom. The summed E-state index contributed by atoms with van der Waals surface area (Å²) in [6.45, 7) is 8.43. The zero-order chi connectivity index (χ0) is 15.6. The molecule has 0 bridgehead atoms. The van der Waals surface area contributed by atoms with Gasteiger partial charge in [-0.25, -0.2) is 0 Å². The van der Waals surface area contributed by atoms with Crippen LogP contribution in [-0.2, 0) is 9.53 Å². The van der Waals surface area contributed by atoms with Gasteiger partial charge >= 0.3 is 0 Å². The van der Waals surface area contributed by atoms with Crippen molar-refractivity contribution in [3.8, 4) is 0 Å². The Balaban J connectivity index is 3.02. The average Bonchev–Trinajstić information content (AvgIpc) is 2.38. The van der Waals surface area contributed by atoms with Gasteiger partial charge in [0.25, 0.3) is 0 Å². The van der Waals surface area contributed by atoms with E-state index in [0.717, 1.165) is 0 Å². The highest BCUT2D eigenvalue weighted by atomic mass is 32.1. The lowest BCUT2D eigenvalue weighted by atomic mass is 9.80. The Bertz CT molecular complexity index is 381. The molecular formula is C14H26N2O3S. The van der Waals surface area contributed by atoms with Crippen molar-refractivity contribution >= 4 is 23.1 Å². The molecule has 0 aliphatic carbocycles. The van der Waals surface area contributed by atoms with E-state index in [9.17, 15) is 9.90 Å². The number of nitrogens with two attached hydrogens (primary N) is 1. The summed E-state index contributed by atoms with van der Waals surface area (Å²) in [5.41, 5.74) is 4.57. The Morgan fingerprint density at radius 1 is 1.50 bits per heavy atom. The normalized spacial score (nSPS) is 22.6. The van der Waals surface area contributed by atoms with Gasteiger partial charge in [0.1, 0.15) is 0 Å². The fourth-order valence-electron chi connectivity index (χ4n) is 2.85. The Morgan fingerprint density at radius 2 is 2.05 bits per heavy atom. The summed E-state index contributed by atoms with van der Waals surface area (Å²) in [7, 11) is 0. The van der Waals surface area contributed by atoms with Gasteiger partial charge in [-0.1, -0.05) is 26.1 Å². The third-order valence-corrected chi connectivity index (χ3v) is 4.45. The van der Waals surface area contributed by atoms with E-state index < -0.39 is 11.0 Å². The SMILES string of the molecule is CCC(CC)(C(=O)N1CC(CO)OC(C)(C)C1)C(N)=S. The molecule has 0 radical (unpaired) electrons. The minimum Gasteiger partial charge on any atom is -0.394 e. The number of hydrogen-bond acceptors (Lipinski definition) is 4. The number of aliphatic hydroxyl groups is 1. The summed E-state index contributed by atoms with van der Waals surface area (Å²) >= 11 is 5.14. The van der Waals surface area contributed by atoms with Gasteiger partial charge in [-0.05, 0) is 26.7 Å².